The Morgan fingerprint density at radius 3 is 2.48 bits per heavy atom. The number of anilines is 1. The predicted octanol–water partition coefficient (Wildman–Crippen LogP) is 4.33. The molecule has 0 saturated carbocycles. The van der Waals surface area contributed by atoms with E-state index in [9.17, 15) is 8.78 Å². The summed E-state index contributed by atoms with van der Waals surface area (Å²) in [5, 5.41) is 12.1. The van der Waals surface area contributed by atoms with E-state index in [1.165, 1.54) is 12.1 Å². The summed E-state index contributed by atoms with van der Waals surface area (Å²) in [5.41, 5.74) is 2.33. The van der Waals surface area contributed by atoms with Crippen molar-refractivity contribution in [1.29, 1.82) is 5.26 Å². The molecule has 0 spiro atoms. The first-order chi connectivity index (χ1) is 10.1. The van der Waals surface area contributed by atoms with Gasteiger partial charge in [0, 0.05) is 11.7 Å². The van der Waals surface area contributed by atoms with Gasteiger partial charge < -0.3 is 10.1 Å². The Balaban J connectivity index is 2.06. The summed E-state index contributed by atoms with van der Waals surface area (Å²) >= 11 is 0. The second-order valence-corrected chi connectivity index (χ2v) is 4.51. The standard InChI is InChI=1S/C16H14F2N2O/c1-11(20-14-4-2-3-12(9-14)10-19)13-5-7-15(8-6-13)21-16(17)18/h2-9,11,16,20H,1H3. The second-order valence-electron chi connectivity index (χ2n) is 4.51. The monoisotopic (exact) mass is 288 g/mol. The van der Waals surface area contributed by atoms with Crippen molar-refractivity contribution in [3.8, 4) is 11.8 Å². The summed E-state index contributed by atoms with van der Waals surface area (Å²) in [5.74, 6) is 0.132. The zero-order valence-corrected chi connectivity index (χ0v) is 11.4. The molecule has 0 heterocycles. The lowest BCUT2D eigenvalue weighted by Gasteiger charge is -2.16. The lowest BCUT2D eigenvalue weighted by atomic mass is 10.1. The van der Waals surface area contributed by atoms with E-state index < -0.39 is 6.61 Å². The lowest BCUT2D eigenvalue weighted by molar-refractivity contribution is -0.0498. The first kappa shape index (κ1) is 14.8. The molecule has 2 rings (SSSR count). The van der Waals surface area contributed by atoms with Crippen LogP contribution in [-0.2, 0) is 0 Å². The van der Waals surface area contributed by atoms with E-state index in [2.05, 4.69) is 16.1 Å². The van der Waals surface area contributed by atoms with Crippen LogP contribution >= 0.6 is 0 Å². The molecule has 2 aromatic carbocycles. The van der Waals surface area contributed by atoms with Gasteiger partial charge in [0.25, 0.3) is 0 Å². The van der Waals surface area contributed by atoms with E-state index in [4.69, 9.17) is 5.26 Å². The van der Waals surface area contributed by atoms with E-state index in [0.717, 1.165) is 11.3 Å². The molecular formula is C16H14F2N2O. The van der Waals surface area contributed by atoms with Crippen LogP contribution in [0.5, 0.6) is 5.75 Å². The highest BCUT2D eigenvalue weighted by molar-refractivity contribution is 5.50. The van der Waals surface area contributed by atoms with Gasteiger partial charge in [0.15, 0.2) is 0 Å². The molecule has 21 heavy (non-hydrogen) atoms. The molecule has 1 N–H and O–H groups in total. The molecule has 0 radical (unpaired) electrons. The Bertz CT molecular complexity index is 635. The summed E-state index contributed by atoms with van der Waals surface area (Å²) < 4.78 is 28.5. The SMILES string of the molecule is CC(Nc1cccc(C#N)c1)c1ccc(OC(F)F)cc1. The zero-order chi connectivity index (χ0) is 15.2. The number of nitrogens with zero attached hydrogens (tertiary/aromatic N) is 1. The number of alkyl halides is 2. The fourth-order valence-corrected chi connectivity index (χ4v) is 1.95. The van der Waals surface area contributed by atoms with Gasteiger partial charge in [-0.05, 0) is 42.8 Å². The minimum Gasteiger partial charge on any atom is -0.435 e. The predicted molar refractivity (Wildman–Crippen MR) is 76.3 cm³/mol. The molecule has 2 aromatic rings. The van der Waals surface area contributed by atoms with Crippen LogP contribution in [0, 0.1) is 11.3 Å². The number of nitriles is 1. The molecule has 0 aliphatic rings. The molecular weight excluding hydrogens is 274 g/mol. The number of nitrogens with one attached hydrogen (secondary N) is 1. The van der Waals surface area contributed by atoms with Crippen molar-refractivity contribution in [2.24, 2.45) is 0 Å². The lowest BCUT2D eigenvalue weighted by Crippen LogP contribution is -2.07. The van der Waals surface area contributed by atoms with Gasteiger partial charge in [0.05, 0.1) is 11.6 Å². The Morgan fingerprint density at radius 2 is 1.86 bits per heavy atom. The molecule has 1 unspecified atom stereocenters. The van der Waals surface area contributed by atoms with E-state index in [-0.39, 0.29) is 11.8 Å². The molecule has 5 heteroatoms. The van der Waals surface area contributed by atoms with Crippen LogP contribution in [0.3, 0.4) is 0 Å². The van der Waals surface area contributed by atoms with Gasteiger partial charge in [-0.25, -0.2) is 0 Å². The van der Waals surface area contributed by atoms with Gasteiger partial charge in [0.2, 0.25) is 0 Å². The van der Waals surface area contributed by atoms with Crippen LogP contribution < -0.4 is 10.1 Å². The number of rotatable bonds is 5. The topological polar surface area (TPSA) is 45.0 Å². The van der Waals surface area contributed by atoms with Crippen LogP contribution in [0.25, 0.3) is 0 Å². The van der Waals surface area contributed by atoms with Crippen LogP contribution in [0.4, 0.5) is 14.5 Å². The van der Waals surface area contributed by atoms with Crippen molar-refractivity contribution >= 4 is 5.69 Å². The fourth-order valence-electron chi connectivity index (χ4n) is 1.95. The molecule has 0 aliphatic carbocycles. The van der Waals surface area contributed by atoms with Crippen LogP contribution in [0.15, 0.2) is 48.5 Å². The summed E-state index contributed by atoms with van der Waals surface area (Å²) in [6, 6.07) is 15.7. The van der Waals surface area contributed by atoms with Crippen molar-refractivity contribution in [3.05, 3.63) is 59.7 Å². The Kier molecular flexibility index (Phi) is 4.72. The van der Waals surface area contributed by atoms with Gasteiger partial charge in [-0.2, -0.15) is 14.0 Å². The van der Waals surface area contributed by atoms with Crippen molar-refractivity contribution < 1.29 is 13.5 Å². The maximum Gasteiger partial charge on any atom is 0.387 e. The summed E-state index contributed by atoms with van der Waals surface area (Å²) in [7, 11) is 0. The summed E-state index contributed by atoms with van der Waals surface area (Å²) in [6.45, 7) is -0.873. The third-order valence-electron chi connectivity index (χ3n) is 2.98. The highest BCUT2D eigenvalue weighted by Crippen LogP contribution is 2.22. The number of benzene rings is 2. The quantitative estimate of drug-likeness (QED) is 0.890. The van der Waals surface area contributed by atoms with Crippen LogP contribution in [-0.4, -0.2) is 6.61 Å². The van der Waals surface area contributed by atoms with Gasteiger partial charge in [0.1, 0.15) is 5.75 Å². The maximum atomic E-state index is 12.1. The molecule has 0 bridgehead atoms. The number of hydrogen-bond donors (Lipinski definition) is 1. The molecule has 0 aromatic heterocycles. The molecule has 0 amide bonds. The third kappa shape index (κ3) is 4.18. The number of hydrogen-bond acceptors (Lipinski definition) is 3. The van der Waals surface area contributed by atoms with E-state index in [1.54, 1.807) is 30.3 Å². The molecule has 108 valence electrons. The summed E-state index contributed by atoms with van der Waals surface area (Å²) in [4.78, 5) is 0. The first-order valence-electron chi connectivity index (χ1n) is 6.40. The third-order valence-corrected chi connectivity index (χ3v) is 2.98. The van der Waals surface area contributed by atoms with E-state index in [1.807, 2.05) is 13.0 Å². The Labute approximate surface area is 121 Å². The normalized spacial score (nSPS) is 11.8. The number of ether oxygens (including phenoxy) is 1. The molecule has 0 fully saturated rings. The van der Waals surface area contributed by atoms with Crippen molar-refractivity contribution in [2.75, 3.05) is 5.32 Å². The summed E-state index contributed by atoms with van der Waals surface area (Å²) in [6.07, 6.45) is 0. The molecule has 3 nitrogen and oxygen atoms in total. The smallest absolute Gasteiger partial charge is 0.387 e. The van der Waals surface area contributed by atoms with Gasteiger partial charge >= 0.3 is 6.61 Å². The molecule has 0 aliphatic heterocycles. The average Bonchev–Trinajstić information content (AvgIpc) is 2.47. The van der Waals surface area contributed by atoms with Crippen molar-refractivity contribution in [1.82, 2.24) is 0 Å². The fraction of sp³-hybridized carbons (Fsp3) is 0.188. The van der Waals surface area contributed by atoms with Crippen molar-refractivity contribution in [2.45, 2.75) is 19.6 Å². The van der Waals surface area contributed by atoms with E-state index >= 15 is 0 Å². The largest absolute Gasteiger partial charge is 0.435 e. The average molecular weight is 288 g/mol. The van der Waals surface area contributed by atoms with Crippen LogP contribution in [0.2, 0.25) is 0 Å². The second kappa shape index (κ2) is 6.71. The minimum atomic E-state index is -2.82. The molecule has 1 atom stereocenters. The van der Waals surface area contributed by atoms with Gasteiger partial charge in [-0.3, -0.25) is 0 Å². The Morgan fingerprint density at radius 1 is 1.14 bits per heavy atom. The molecule has 0 saturated heterocycles. The van der Waals surface area contributed by atoms with Gasteiger partial charge in [-0.15, -0.1) is 0 Å². The first-order valence-corrected chi connectivity index (χ1v) is 6.40. The number of halogens is 2. The highest BCUT2D eigenvalue weighted by Gasteiger charge is 2.08. The maximum absolute atomic E-state index is 12.1. The van der Waals surface area contributed by atoms with E-state index in [0.29, 0.717) is 5.56 Å². The zero-order valence-electron chi connectivity index (χ0n) is 11.4. The Hall–Kier alpha value is -2.61. The van der Waals surface area contributed by atoms with Crippen molar-refractivity contribution in [3.63, 3.8) is 0 Å². The van der Waals surface area contributed by atoms with Crippen LogP contribution in [0.1, 0.15) is 24.1 Å². The van der Waals surface area contributed by atoms with Gasteiger partial charge in [-0.1, -0.05) is 18.2 Å². The minimum absolute atomic E-state index is 0.0282. The highest BCUT2D eigenvalue weighted by atomic mass is 19.3.